The highest BCUT2D eigenvalue weighted by Gasteiger charge is 2.32. The Morgan fingerprint density at radius 3 is 1.28 bits per heavy atom. The second kappa shape index (κ2) is 22.2. The Balaban J connectivity index is 0. The molecule has 0 spiro atoms. The van der Waals surface area contributed by atoms with Crippen molar-refractivity contribution in [3.8, 4) is 11.1 Å². The molecule has 0 unspecified atom stereocenters. The molecule has 4 radical (unpaired) electrons. The summed E-state index contributed by atoms with van der Waals surface area (Å²) in [6, 6.07) is 61.2. The number of hydrogen-bond acceptors (Lipinski definition) is 0. The molecule has 8 aromatic carbocycles. The first kappa shape index (κ1) is 49.3. The van der Waals surface area contributed by atoms with Crippen molar-refractivity contribution >= 4 is 82.0 Å². The third-order valence-corrected chi connectivity index (χ3v) is 8.54. The van der Waals surface area contributed by atoms with E-state index in [1.165, 1.54) is 54.4 Å². The highest BCUT2D eigenvalue weighted by atomic mass is 19.0. The maximum Gasteiger partial charge on any atom is 0.242 e. The van der Waals surface area contributed by atoms with Gasteiger partial charge in [-0.05, 0) is 43.4 Å². The van der Waals surface area contributed by atoms with Crippen LogP contribution in [-0.4, -0.2) is 22.4 Å². The van der Waals surface area contributed by atoms with E-state index in [9.17, 15) is 0 Å². The molecule has 0 aliphatic carbocycles. The lowest BCUT2D eigenvalue weighted by Crippen LogP contribution is -2.48. The van der Waals surface area contributed by atoms with E-state index in [0.717, 1.165) is 16.3 Å². The van der Waals surface area contributed by atoms with Gasteiger partial charge in [0.05, 0.1) is 0 Å². The molecule has 8 aromatic rings. The molecule has 270 valence electrons. The van der Waals surface area contributed by atoms with Crippen molar-refractivity contribution in [3.63, 3.8) is 0 Å². The summed E-state index contributed by atoms with van der Waals surface area (Å²) in [5.41, 5.74) is 8.64. The first-order valence-electron chi connectivity index (χ1n) is 15.3. The average molecular weight is 726 g/mol. The van der Waals surface area contributed by atoms with E-state index in [-0.39, 0.29) is 37.6 Å². The zero-order valence-corrected chi connectivity index (χ0v) is 28.2. The van der Waals surface area contributed by atoms with Gasteiger partial charge in [-0.1, -0.05) is 203 Å². The molecule has 9 rings (SSSR count). The maximum absolute atomic E-state index is 5.76. The van der Waals surface area contributed by atoms with Gasteiger partial charge < -0.3 is 0 Å². The Kier molecular flexibility index (Phi) is 20.6. The molecule has 11 heteroatoms. The van der Waals surface area contributed by atoms with Gasteiger partial charge in [0.1, 0.15) is 15.7 Å². The largest absolute Gasteiger partial charge is 0.269 e. The molecule has 0 atom stereocenters. The van der Waals surface area contributed by atoms with Crippen molar-refractivity contribution in [2.45, 2.75) is 0 Å². The third kappa shape index (κ3) is 10.4. The zero-order chi connectivity index (χ0) is 30.6. The van der Waals surface area contributed by atoms with E-state index in [1.807, 2.05) is 60.7 Å². The normalized spacial score (nSPS) is 9.55. The predicted molar refractivity (Wildman–Crippen MR) is 219 cm³/mol. The molecular formula is C42H37B3F8. The number of benzene rings is 8. The Morgan fingerprint density at radius 1 is 0.321 bits per heavy atom. The topological polar surface area (TPSA) is 0 Å². The third-order valence-electron chi connectivity index (χ3n) is 8.54. The lowest BCUT2D eigenvalue weighted by Gasteiger charge is -2.11. The smallest absolute Gasteiger partial charge is 0.242 e. The van der Waals surface area contributed by atoms with E-state index in [4.69, 9.17) is 15.7 Å². The lowest BCUT2D eigenvalue weighted by atomic mass is 9.39. The van der Waals surface area contributed by atoms with Gasteiger partial charge in [-0.25, -0.2) is 0 Å². The molecule has 0 nitrogen and oxygen atoms in total. The average Bonchev–Trinajstić information content (AvgIpc) is 3.43. The molecule has 0 amide bonds. The van der Waals surface area contributed by atoms with E-state index in [1.54, 1.807) is 0 Å². The fourth-order valence-electron chi connectivity index (χ4n) is 6.36. The van der Waals surface area contributed by atoms with Crippen molar-refractivity contribution < 1.29 is 37.6 Å². The summed E-state index contributed by atoms with van der Waals surface area (Å²) in [5, 5.41) is 7.39. The molecule has 0 aromatic heterocycles. The second-order valence-corrected chi connectivity index (χ2v) is 11.4. The second-order valence-electron chi connectivity index (χ2n) is 11.4. The van der Waals surface area contributed by atoms with Gasteiger partial charge in [-0.3, -0.25) is 37.6 Å². The lowest BCUT2D eigenvalue weighted by molar-refractivity contribution is 1.11. The van der Waals surface area contributed by atoms with E-state index < -0.39 is 0 Å². The SMILES string of the molecule is F.F.F.F.F.F.F.F.[B]c1ccc2ccccc2c1.[B]c1cccc2ccccc12.c1ccc2c(c1)B(c1ccc3ccccc3c1)c1ccccc1-2. The van der Waals surface area contributed by atoms with Gasteiger partial charge in [0.2, 0.25) is 6.71 Å². The summed E-state index contributed by atoms with van der Waals surface area (Å²) < 4.78 is 0. The molecule has 1 aliphatic heterocycles. The standard InChI is InChI=1S/C22H15B.2C10H7B.8FH/c1-2-8-17-15-18(14-13-16(17)7-1)23-21-11-5-3-9-19(21)20-10-4-6-12-22(20)23;11-10-7-3-5-8-4-1-2-6-9(8)10;11-10-6-5-8-3-1-2-4-9(8)7-10;;;;;;;;/h1-15H;2*1-7H;8*1H. The quantitative estimate of drug-likeness (QED) is 0.120. The van der Waals surface area contributed by atoms with Gasteiger partial charge in [0, 0.05) is 0 Å². The summed E-state index contributed by atoms with van der Waals surface area (Å²) in [6.07, 6.45) is 0. The van der Waals surface area contributed by atoms with Gasteiger partial charge in [-0.2, -0.15) is 0 Å². The summed E-state index contributed by atoms with van der Waals surface area (Å²) in [6.45, 7) is 0.340. The van der Waals surface area contributed by atoms with Crippen molar-refractivity contribution in [1.82, 2.24) is 0 Å². The Labute approximate surface area is 306 Å². The van der Waals surface area contributed by atoms with Crippen LogP contribution < -0.4 is 27.3 Å². The van der Waals surface area contributed by atoms with Crippen molar-refractivity contribution in [2.75, 3.05) is 0 Å². The molecule has 0 fully saturated rings. The summed E-state index contributed by atoms with van der Waals surface area (Å²) in [4.78, 5) is 0. The summed E-state index contributed by atoms with van der Waals surface area (Å²) in [5.74, 6) is 0. The minimum absolute atomic E-state index is 0. The van der Waals surface area contributed by atoms with Crippen LogP contribution in [0.2, 0.25) is 0 Å². The minimum atomic E-state index is 0. The predicted octanol–water partition coefficient (Wildman–Crippen LogP) is 7.82. The molecule has 0 saturated carbocycles. The Bertz CT molecular complexity index is 2250. The Hall–Kier alpha value is -5.83. The summed E-state index contributed by atoms with van der Waals surface area (Å²) >= 11 is 0. The number of halogens is 8. The van der Waals surface area contributed by atoms with Crippen LogP contribution in [0.1, 0.15) is 0 Å². The molecular weight excluding hydrogens is 689 g/mol. The van der Waals surface area contributed by atoms with E-state index in [2.05, 4.69) is 115 Å². The fourth-order valence-corrected chi connectivity index (χ4v) is 6.36. The monoisotopic (exact) mass is 726 g/mol. The highest BCUT2D eigenvalue weighted by Crippen LogP contribution is 2.23. The van der Waals surface area contributed by atoms with Crippen LogP contribution in [0.4, 0.5) is 37.6 Å². The van der Waals surface area contributed by atoms with E-state index >= 15 is 0 Å². The van der Waals surface area contributed by atoms with Crippen LogP contribution in [0, 0.1) is 0 Å². The molecule has 1 aliphatic rings. The maximum atomic E-state index is 5.76. The van der Waals surface area contributed by atoms with Gasteiger partial charge in [-0.15, -0.1) is 0 Å². The van der Waals surface area contributed by atoms with Gasteiger partial charge >= 0.3 is 0 Å². The summed E-state index contributed by atoms with van der Waals surface area (Å²) in [7, 11) is 11.4. The Morgan fingerprint density at radius 2 is 0.736 bits per heavy atom. The number of fused-ring (bicyclic) bond motifs is 6. The first-order valence-corrected chi connectivity index (χ1v) is 15.3. The molecule has 1 heterocycles. The molecule has 53 heavy (non-hydrogen) atoms. The minimum Gasteiger partial charge on any atom is -0.269 e. The van der Waals surface area contributed by atoms with Crippen molar-refractivity contribution in [1.29, 1.82) is 0 Å². The van der Waals surface area contributed by atoms with Crippen LogP contribution in [0.3, 0.4) is 0 Å². The van der Waals surface area contributed by atoms with Crippen LogP contribution >= 0.6 is 0 Å². The van der Waals surface area contributed by atoms with Crippen LogP contribution in [0.15, 0.2) is 176 Å². The van der Waals surface area contributed by atoms with Gasteiger partial charge in [0.25, 0.3) is 0 Å². The van der Waals surface area contributed by atoms with Crippen molar-refractivity contribution in [3.05, 3.63) is 176 Å². The van der Waals surface area contributed by atoms with Crippen LogP contribution in [0.25, 0.3) is 43.4 Å². The number of hydrogen-bond donors (Lipinski definition) is 0. The number of rotatable bonds is 1. The first-order chi connectivity index (χ1) is 22.2. The van der Waals surface area contributed by atoms with Crippen LogP contribution in [0.5, 0.6) is 0 Å². The highest BCUT2D eigenvalue weighted by molar-refractivity contribution is 6.99. The molecule has 0 N–H and O–H groups in total. The van der Waals surface area contributed by atoms with E-state index in [0.29, 0.717) is 6.71 Å². The zero-order valence-electron chi connectivity index (χ0n) is 28.2. The van der Waals surface area contributed by atoms with Crippen molar-refractivity contribution in [2.24, 2.45) is 0 Å². The molecule has 0 bridgehead atoms. The van der Waals surface area contributed by atoms with Gasteiger partial charge in [0.15, 0.2) is 0 Å². The fraction of sp³-hybridized carbons (Fsp3) is 0. The molecule has 0 saturated heterocycles. The van der Waals surface area contributed by atoms with Crippen LogP contribution in [-0.2, 0) is 0 Å².